The fourth-order valence-electron chi connectivity index (χ4n) is 2.83. The first-order valence-corrected chi connectivity index (χ1v) is 7.96. The van der Waals surface area contributed by atoms with Gasteiger partial charge in [0.1, 0.15) is 22.5 Å². The van der Waals surface area contributed by atoms with Crippen LogP contribution in [0.3, 0.4) is 0 Å². The van der Waals surface area contributed by atoms with Gasteiger partial charge in [-0.15, -0.1) is 0 Å². The highest BCUT2D eigenvalue weighted by atomic mass is 16.4. The van der Waals surface area contributed by atoms with Crippen molar-refractivity contribution in [1.29, 1.82) is 0 Å². The second-order valence-electron chi connectivity index (χ2n) is 5.92. The average molecular weight is 344 g/mol. The van der Waals surface area contributed by atoms with Crippen molar-refractivity contribution < 1.29 is 19.0 Å². The van der Waals surface area contributed by atoms with E-state index in [1.807, 2.05) is 24.3 Å². The monoisotopic (exact) mass is 344 g/mol. The van der Waals surface area contributed by atoms with Crippen LogP contribution in [0.15, 0.2) is 69.5 Å². The van der Waals surface area contributed by atoms with Crippen LogP contribution >= 0.6 is 0 Å². The van der Waals surface area contributed by atoms with Crippen LogP contribution in [0.25, 0.3) is 45.1 Å². The lowest BCUT2D eigenvalue weighted by Gasteiger charge is -1.97. The zero-order valence-electron chi connectivity index (χ0n) is 13.4. The highest BCUT2D eigenvalue weighted by Crippen LogP contribution is 2.30. The van der Waals surface area contributed by atoms with Crippen LogP contribution in [-0.2, 0) is 0 Å². The first-order chi connectivity index (χ1) is 12.7. The molecule has 5 aromatic rings. The third kappa shape index (κ3) is 2.36. The second kappa shape index (κ2) is 5.35. The molecule has 0 saturated carbocycles. The summed E-state index contributed by atoms with van der Waals surface area (Å²) < 4.78 is 11.4. The van der Waals surface area contributed by atoms with E-state index in [-0.39, 0.29) is 11.5 Å². The summed E-state index contributed by atoms with van der Waals surface area (Å²) in [7, 11) is 0. The number of rotatable bonds is 2. The standard InChI is InChI=1S/C20H12N2O4/c23-13-5-7-15-17(9-13)25-19(21-15)11-1-2-12(4-3-11)20-22-16-8-6-14(24)10-18(16)26-20/h1-10,23-24H. The van der Waals surface area contributed by atoms with E-state index in [2.05, 4.69) is 9.97 Å². The van der Waals surface area contributed by atoms with E-state index in [1.54, 1.807) is 24.3 Å². The largest absolute Gasteiger partial charge is 0.508 e. The maximum absolute atomic E-state index is 9.53. The molecule has 0 aliphatic carbocycles. The van der Waals surface area contributed by atoms with E-state index in [4.69, 9.17) is 8.83 Å². The average Bonchev–Trinajstić information content (AvgIpc) is 3.25. The zero-order valence-corrected chi connectivity index (χ0v) is 13.4. The number of fused-ring (bicyclic) bond motifs is 2. The number of nitrogens with zero attached hydrogens (tertiary/aromatic N) is 2. The van der Waals surface area contributed by atoms with Crippen molar-refractivity contribution in [2.75, 3.05) is 0 Å². The topological polar surface area (TPSA) is 92.5 Å². The number of hydrogen-bond donors (Lipinski definition) is 2. The van der Waals surface area contributed by atoms with Gasteiger partial charge in [0.05, 0.1) is 0 Å². The van der Waals surface area contributed by atoms with Crippen molar-refractivity contribution in [3.05, 3.63) is 60.7 Å². The molecule has 26 heavy (non-hydrogen) atoms. The van der Waals surface area contributed by atoms with Crippen LogP contribution in [0, 0.1) is 0 Å². The Balaban J connectivity index is 1.52. The van der Waals surface area contributed by atoms with Crippen molar-refractivity contribution in [1.82, 2.24) is 9.97 Å². The van der Waals surface area contributed by atoms with Gasteiger partial charge in [-0.05, 0) is 48.5 Å². The number of oxazole rings is 2. The number of benzene rings is 3. The lowest BCUT2D eigenvalue weighted by atomic mass is 10.1. The molecule has 0 aliphatic rings. The lowest BCUT2D eigenvalue weighted by molar-refractivity contribution is 0.474. The van der Waals surface area contributed by atoms with Gasteiger partial charge in [0.15, 0.2) is 11.2 Å². The molecular weight excluding hydrogens is 332 g/mol. The third-order valence-corrected chi connectivity index (χ3v) is 4.12. The molecule has 0 fully saturated rings. The molecule has 0 bridgehead atoms. The van der Waals surface area contributed by atoms with Crippen molar-refractivity contribution in [2.24, 2.45) is 0 Å². The van der Waals surface area contributed by atoms with Crippen molar-refractivity contribution in [2.45, 2.75) is 0 Å². The Morgan fingerprint density at radius 3 is 1.42 bits per heavy atom. The SMILES string of the molecule is Oc1ccc2nc(-c3ccc(-c4nc5ccc(O)cc5o4)cc3)oc2c1. The summed E-state index contributed by atoms with van der Waals surface area (Å²) in [5.74, 6) is 1.22. The quantitative estimate of drug-likeness (QED) is 0.481. The molecule has 0 saturated heterocycles. The fraction of sp³-hybridized carbons (Fsp3) is 0. The summed E-state index contributed by atoms with van der Waals surface area (Å²) in [6.45, 7) is 0. The lowest BCUT2D eigenvalue weighted by Crippen LogP contribution is -1.80. The van der Waals surface area contributed by atoms with Gasteiger partial charge >= 0.3 is 0 Å². The Bertz CT molecular complexity index is 1150. The summed E-state index contributed by atoms with van der Waals surface area (Å²) in [5, 5.41) is 19.1. The minimum absolute atomic E-state index is 0.137. The molecule has 0 amide bonds. The first kappa shape index (κ1) is 14.5. The number of phenolic OH excluding ortho intramolecular Hbond substituents is 2. The smallest absolute Gasteiger partial charge is 0.227 e. The van der Waals surface area contributed by atoms with Gasteiger partial charge in [0.2, 0.25) is 11.8 Å². The zero-order chi connectivity index (χ0) is 17.7. The Labute approximate surface area is 147 Å². The fourth-order valence-corrected chi connectivity index (χ4v) is 2.83. The van der Waals surface area contributed by atoms with Crippen LogP contribution in [0.1, 0.15) is 0 Å². The predicted molar refractivity (Wildman–Crippen MR) is 95.8 cm³/mol. The van der Waals surface area contributed by atoms with E-state index in [9.17, 15) is 10.2 Å². The van der Waals surface area contributed by atoms with E-state index in [0.717, 1.165) is 11.1 Å². The summed E-state index contributed by atoms with van der Waals surface area (Å²) in [5.41, 5.74) is 4.03. The van der Waals surface area contributed by atoms with Crippen molar-refractivity contribution in [3.63, 3.8) is 0 Å². The molecule has 6 heteroatoms. The van der Waals surface area contributed by atoms with Crippen LogP contribution < -0.4 is 0 Å². The van der Waals surface area contributed by atoms with Gasteiger partial charge in [-0.1, -0.05) is 0 Å². The van der Waals surface area contributed by atoms with E-state index >= 15 is 0 Å². The van der Waals surface area contributed by atoms with Crippen LogP contribution in [0.4, 0.5) is 0 Å². The molecule has 126 valence electrons. The molecule has 2 aromatic heterocycles. The normalized spacial score (nSPS) is 11.4. The Morgan fingerprint density at radius 1 is 0.577 bits per heavy atom. The number of hydrogen-bond acceptors (Lipinski definition) is 6. The molecule has 0 atom stereocenters. The van der Waals surface area contributed by atoms with Gasteiger partial charge in [-0.25, -0.2) is 9.97 Å². The Hall–Kier alpha value is -3.80. The first-order valence-electron chi connectivity index (χ1n) is 7.96. The highest BCUT2D eigenvalue weighted by Gasteiger charge is 2.12. The molecule has 2 heterocycles. The maximum Gasteiger partial charge on any atom is 0.227 e. The third-order valence-electron chi connectivity index (χ3n) is 4.12. The molecule has 0 aliphatic heterocycles. The molecule has 5 rings (SSSR count). The molecular formula is C20H12N2O4. The molecule has 0 radical (unpaired) electrons. The predicted octanol–water partition coefficient (Wildman–Crippen LogP) is 4.71. The van der Waals surface area contributed by atoms with Crippen LogP contribution in [-0.4, -0.2) is 20.2 Å². The molecule has 0 unspecified atom stereocenters. The summed E-state index contributed by atoms with van der Waals surface area (Å²) in [6, 6.07) is 17.1. The summed E-state index contributed by atoms with van der Waals surface area (Å²) >= 11 is 0. The maximum atomic E-state index is 9.53. The molecule has 2 N–H and O–H groups in total. The van der Waals surface area contributed by atoms with Crippen LogP contribution in [0.5, 0.6) is 11.5 Å². The van der Waals surface area contributed by atoms with E-state index in [1.165, 1.54) is 12.1 Å². The molecule has 3 aromatic carbocycles. The van der Waals surface area contributed by atoms with Gasteiger partial charge < -0.3 is 19.0 Å². The van der Waals surface area contributed by atoms with Gasteiger partial charge in [-0.2, -0.15) is 0 Å². The van der Waals surface area contributed by atoms with Gasteiger partial charge in [-0.3, -0.25) is 0 Å². The number of aromatic hydroxyl groups is 2. The summed E-state index contributed by atoms with van der Waals surface area (Å²) in [6.07, 6.45) is 0. The number of phenols is 2. The van der Waals surface area contributed by atoms with Crippen molar-refractivity contribution >= 4 is 22.2 Å². The van der Waals surface area contributed by atoms with E-state index in [0.29, 0.717) is 34.0 Å². The van der Waals surface area contributed by atoms with Crippen LogP contribution in [0.2, 0.25) is 0 Å². The Kier molecular flexibility index (Phi) is 2.99. The minimum atomic E-state index is 0.137. The van der Waals surface area contributed by atoms with Gasteiger partial charge in [0.25, 0.3) is 0 Å². The molecule has 6 nitrogen and oxygen atoms in total. The Morgan fingerprint density at radius 2 is 1.00 bits per heavy atom. The van der Waals surface area contributed by atoms with E-state index < -0.39 is 0 Å². The second-order valence-corrected chi connectivity index (χ2v) is 5.92. The van der Waals surface area contributed by atoms with Gasteiger partial charge in [0, 0.05) is 23.3 Å². The minimum Gasteiger partial charge on any atom is -0.508 e. The molecule has 0 spiro atoms. The van der Waals surface area contributed by atoms with Crippen molar-refractivity contribution in [3.8, 4) is 34.4 Å². The summed E-state index contributed by atoms with van der Waals surface area (Å²) in [4.78, 5) is 8.85. The number of aromatic nitrogens is 2. The highest BCUT2D eigenvalue weighted by molar-refractivity contribution is 5.79.